The Morgan fingerprint density at radius 3 is 1.58 bits per heavy atom. The van der Waals surface area contributed by atoms with Crippen LogP contribution in [0.1, 0.15) is 122 Å². The van der Waals surface area contributed by atoms with Crippen LogP contribution in [-0.4, -0.2) is 43.7 Å². The zero-order chi connectivity index (χ0) is 23.3. The molecule has 0 aromatic rings. The van der Waals surface area contributed by atoms with Crippen molar-refractivity contribution in [3.63, 3.8) is 0 Å². The summed E-state index contributed by atoms with van der Waals surface area (Å²) in [5, 5.41) is 13.2. The highest BCUT2D eigenvalue weighted by atomic mass is 16.3. The predicted molar refractivity (Wildman–Crippen MR) is 132 cm³/mol. The number of rotatable bonds is 23. The second-order valence-corrected chi connectivity index (χ2v) is 8.40. The highest BCUT2D eigenvalue weighted by molar-refractivity contribution is 5.75. The fraction of sp³-hybridized carbons (Fsp3) is 0.920. The number of carbonyl (C=O) groups is 2. The van der Waals surface area contributed by atoms with Crippen molar-refractivity contribution in [3.8, 4) is 0 Å². The second kappa shape index (κ2) is 31.0. The molecule has 0 aliphatic rings. The van der Waals surface area contributed by atoms with E-state index in [0.717, 1.165) is 45.4 Å². The summed E-state index contributed by atoms with van der Waals surface area (Å²) in [5.41, 5.74) is 5.44. The molecule has 6 heteroatoms. The molecule has 0 aliphatic carbocycles. The highest BCUT2D eigenvalue weighted by Gasteiger charge is 2.00. The zero-order valence-corrected chi connectivity index (χ0v) is 20.5. The lowest BCUT2D eigenvalue weighted by Gasteiger charge is -2.06. The first-order valence-electron chi connectivity index (χ1n) is 13.0. The molecule has 0 aliphatic heterocycles. The van der Waals surface area contributed by atoms with Crippen molar-refractivity contribution in [2.75, 3.05) is 26.2 Å². The van der Waals surface area contributed by atoms with Crippen molar-refractivity contribution in [2.24, 2.45) is 5.73 Å². The molecule has 0 atom stereocenters. The van der Waals surface area contributed by atoms with Gasteiger partial charge in [0.2, 0.25) is 5.91 Å². The Morgan fingerprint density at radius 1 is 0.710 bits per heavy atom. The van der Waals surface area contributed by atoms with Crippen LogP contribution in [-0.2, 0) is 9.59 Å². The van der Waals surface area contributed by atoms with Crippen LogP contribution < -0.4 is 16.4 Å². The van der Waals surface area contributed by atoms with E-state index in [1.165, 1.54) is 89.9 Å². The van der Waals surface area contributed by atoms with Crippen molar-refractivity contribution in [2.45, 2.75) is 122 Å². The summed E-state index contributed by atoms with van der Waals surface area (Å²) in [7, 11) is 0. The van der Waals surface area contributed by atoms with E-state index in [1.54, 1.807) is 0 Å². The van der Waals surface area contributed by atoms with Gasteiger partial charge in [-0.05, 0) is 38.9 Å². The van der Waals surface area contributed by atoms with E-state index >= 15 is 0 Å². The first-order valence-corrected chi connectivity index (χ1v) is 13.0. The maximum Gasteiger partial charge on any atom is 0.290 e. The molecule has 0 spiro atoms. The van der Waals surface area contributed by atoms with Crippen LogP contribution in [0.5, 0.6) is 0 Å². The van der Waals surface area contributed by atoms with E-state index in [9.17, 15) is 4.79 Å². The van der Waals surface area contributed by atoms with Gasteiger partial charge in [0.05, 0.1) is 0 Å². The number of carboxylic acid groups (broad SMARTS) is 1. The molecule has 0 heterocycles. The number of unbranched alkanes of at least 4 members (excludes halogenated alkanes) is 14. The summed E-state index contributed by atoms with van der Waals surface area (Å²) in [6.45, 7) is 5.49. The molecule has 0 aromatic heterocycles. The average molecular weight is 444 g/mol. The number of hydrogen-bond acceptors (Lipinski definition) is 4. The standard InChI is InChI=1S/C24H51N3O.CH2O2/c1-2-3-4-5-6-7-8-9-10-11-12-13-14-15-16-19-24(28)27-23-18-22-26-21-17-20-25;2-1-3/h26H,2-23,25H2,1H3,(H,27,28);1H,(H,2,3). The molecule has 0 radical (unpaired) electrons. The number of nitrogens with one attached hydrogen (secondary N) is 2. The monoisotopic (exact) mass is 443 g/mol. The van der Waals surface area contributed by atoms with Gasteiger partial charge in [0.25, 0.3) is 6.47 Å². The summed E-state index contributed by atoms with van der Waals surface area (Å²) in [4.78, 5) is 20.1. The van der Waals surface area contributed by atoms with Gasteiger partial charge in [0.1, 0.15) is 0 Å². The van der Waals surface area contributed by atoms with Crippen LogP contribution in [0.3, 0.4) is 0 Å². The van der Waals surface area contributed by atoms with Crippen LogP contribution in [0.2, 0.25) is 0 Å². The van der Waals surface area contributed by atoms with Gasteiger partial charge in [-0.1, -0.05) is 96.8 Å². The zero-order valence-electron chi connectivity index (χ0n) is 20.5. The first kappa shape index (κ1) is 32.0. The van der Waals surface area contributed by atoms with Gasteiger partial charge in [-0.2, -0.15) is 0 Å². The predicted octanol–water partition coefficient (Wildman–Crippen LogP) is 5.39. The largest absolute Gasteiger partial charge is 0.483 e. The van der Waals surface area contributed by atoms with Crippen LogP contribution in [0.15, 0.2) is 0 Å². The van der Waals surface area contributed by atoms with E-state index in [0.29, 0.717) is 6.42 Å². The minimum absolute atomic E-state index is 0.219. The summed E-state index contributed by atoms with van der Waals surface area (Å²) >= 11 is 0. The summed E-state index contributed by atoms with van der Waals surface area (Å²) in [5.74, 6) is 0.219. The maximum atomic E-state index is 11.8. The smallest absolute Gasteiger partial charge is 0.290 e. The molecule has 6 nitrogen and oxygen atoms in total. The van der Waals surface area contributed by atoms with Gasteiger partial charge >= 0.3 is 0 Å². The molecule has 186 valence electrons. The van der Waals surface area contributed by atoms with Gasteiger partial charge in [-0.3, -0.25) is 9.59 Å². The average Bonchev–Trinajstić information content (AvgIpc) is 2.76. The molecule has 0 fully saturated rings. The Bertz CT molecular complexity index is 355. The topological polar surface area (TPSA) is 104 Å². The van der Waals surface area contributed by atoms with E-state index in [2.05, 4.69) is 17.6 Å². The van der Waals surface area contributed by atoms with Crippen LogP contribution >= 0.6 is 0 Å². The fourth-order valence-corrected chi connectivity index (χ4v) is 3.54. The SMILES string of the molecule is CCCCCCCCCCCCCCCCCC(=O)NCCCNCCCN.O=CO. The third-order valence-corrected chi connectivity index (χ3v) is 5.42. The Kier molecular flexibility index (Phi) is 32.1. The van der Waals surface area contributed by atoms with Crippen molar-refractivity contribution in [3.05, 3.63) is 0 Å². The number of nitrogens with two attached hydrogens (primary N) is 1. The molecule has 0 rings (SSSR count). The lowest BCUT2D eigenvalue weighted by atomic mass is 10.0. The number of hydrogen-bond donors (Lipinski definition) is 4. The molecular formula is C25H53N3O3. The summed E-state index contributed by atoms with van der Waals surface area (Å²) in [6, 6.07) is 0. The summed E-state index contributed by atoms with van der Waals surface area (Å²) in [6.07, 6.45) is 23.2. The Balaban J connectivity index is 0. The minimum atomic E-state index is -0.250. The van der Waals surface area contributed by atoms with E-state index in [-0.39, 0.29) is 12.4 Å². The van der Waals surface area contributed by atoms with Crippen LogP contribution in [0.25, 0.3) is 0 Å². The van der Waals surface area contributed by atoms with Crippen molar-refractivity contribution in [1.82, 2.24) is 10.6 Å². The first-order chi connectivity index (χ1) is 15.2. The molecule has 1 amide bonds. The second-order valence-electron chi connectivity index (χ2n) is 8.40. The Hall–Kier alpha value is -1.14. The van der Waals surface area contributed by atoms with Crippen molar-refractivity contribution in [1.29, 1.82) is 0 Å². The van der Waals surface area contributed by atoms with Gasteiger partial charge in [-0.15, -0.1) is 0 Å². The molecular weight excluding hydrogens is 390 g/mol. The highest BCUT2D eigenvalue weighted by Crippen LogP contribution is 2.13. The third kappa shape index (κ3) is 33.7. The quantitative estimate of drug-likeness (QED) is 0.125. The van der Waals surface area contributed by atoms with Crippen LogP contribution in [0.4, 0.5) is 0 Å². The van der Waals surface area contributed by atoms with Crippen LogP contribution in [0, 0.1) is 0 Å². The van der Waals surface area contributed by atoms with E-state index in [4.69, 9.17) is 15.6 Å². The molecule has 0 aromatic carbocycles. The fourth-order valence-electron chi connectivity index (χ4n) is 3.54. The van der Waals surface area contributed by atoms with E-state index < -0.39 is 0 Å². The molecule has 0 saturated heterocycles. The molecule has 0 bridgehead atoms. The van der Waals surface area contributed by atoms with Crippen molar-refractivity contribution < 1.29 is 14.7 Å². The lowest BCUT2D eigenvalue weighted by molar-refractivity contribution is -0.123. The number of amides is 1. The molecule has 31 heavy (non-hydrogen) atoms. The summed E-state index contributed by atoms with van der Waals surface area (Å²) < 4.78 is 0. The van der Waals surface area contributed by atoms with E-state index in [1.807, 2.05) is 0 Å². The third-order valence-electron chi connectivity index (χ3n) is 5.42. The Morgan fingerprint density at radius 2 is 1.13 bits per heavy atom. The van der Waals surface area contributed by atoms with Gasteiger partial charge < -0.3 is 21.5 Å². The van der Waals surface area contributed by atoms with Gasteiger partial charge in [0, 0.05) is 13.0 Å². The normalized spacial score (nSPS) is 10.4. The minimum Gasteiger partial charge on any atom is -0.483 e. The van der Waals surface area contributed by atoms with Crippen molar-refractivity contribution >= 4 is 12.4 Å². The van der Waals surface area contributed by atoms with Gasteiger partial charge in [0.15, 0.2) is 0 Å². The number of carbonyl (C=O) groups excluding carboxylic acids is 1. The maximum absolute atomic E-state index is 11.8. The molecule has 5 N–H and O–H groups in total. The molecule has 0 unspecified atom stereocenters. The molecule has 0 saturated carbocycles. The Labute approximate surface area is 192 Å². The van der Waals surface area contributed by atoms with Gasteiger partial charge in [-0.25, -0.2) is 0 Å². The lowest BCUT2D eigenvalue weighted by Crippen LogP contribution is -2.27.